The van der Waals surface area contributed by atoms with Crippen LogP contribution in [0.15, 0.2) is 41.2 Å². The van der Waals surface area contributed by atoms with Gasteiger partial charge in [0.2, 0.25) is 0 Å². The van der Waals surface area contributed by atoms with Crippen LogP contribution in [-0.2, 0) is 9.53 Å². The molecule has 2 aromatic carbocycles. The van der Waals surface area contributed by atoms with Crippen molar-refractivity contribution in [2.24, 2.45) is 0 Å². The van der Waals surface area contributed by atoms with Gasteiger partial charge in [0.25, 0.3) is 5.56 Å². The number of aromatic nitrogens is 2. The first-order valence-corrected chi connectivity index (χ1v) is 9.52. The Morgan fingerprint density at radius 1 is 1.21 bits per heavy atom. The Bertz CT molecular complexity index is 1320. The normalized spacial score (nSPS) is 12.0. The van der Waals surface area contributed by atoms with E-state index in [0.29, 0.717) is 20.8 Å². The molecule has 0 aliphatic carbocycles. The standard InChI is InChI=1S/C21H18N2O4S/c1-12-8-15-16(9-13(12)2)23-20(25)18(28-21(23)22-15)10-14-6-4-5-7-17(14)27-11-19(24)26-3/h4-10H,11H2,1-3H3/b18-10-. The summed E-state index contributed by atoms with van der Waals surface area (Å²) in [5.74, 6) is 0.0423. The Morgan fingerprint density at radius 3 is 2.75 bits per heavy atom. The molecule has 142 valence electrons. The van der Waals surface area contributed by atoms with Crippen molar-refractivity contribution < 1.29 is 14.3 Å². The Morgan fingerprint density at radius 2 is 1.96 bits per heavy atom. The lowest BCUT2D eigenvalue weighted by Gasteiger charge is -2.07. The number of rotatable bonds is 4. The molecule has 4 rings (SSSR count). The van der Waals surface area contributed by atoms with Gasteiger partial charge in [0.05, 0.1) is 22.7 Å². The number of benzene rings is 2. The average molecular weight is 394 g/mol. The van der Waals surface area contributed by atoms with Crippen LogP contribution in [0, 0.1) is 13.8 Å². The SMILES string of the molecule is COC(=O)COc1ccccc1/C=c1\sc2nc3cc(C)c(C)cc3n2c1=O. The zero-order chi connectivity index (χ0) is 19.8. The van der Waals surface area contributed by atoms with Gasteiger partial charge in [-0.25, -0.2) is 14.2 Å². The van der Waals surface area contributed by atoms with Crippen LogP contribution in [0.5, 0.6) is 5.75 Å². The summed E-state index contributed by atoms with van der Waals surface area (Å²) in [6.07, 6.45) is 1.77. The first kappa shape index (κ1) is 18.2. The molecule has 28 heavy (non-hydrogen) atoms. The minimum Gasteiger partial charge on any atom is -0.481 e. The van der Waals surface area contributed by atoms with Crippen LogP contribution in [0.25, 0.3) is 22.1 Å². The highest BCUT2D eigenvalue weighted by Crippen LogP contribution is 2.22. The molecule has 4 aromatic rings. The second-order valence-corrected chi connectivity index (χ2v) is 7.48. The van der Waals surface area contributed by atoms with Crippen molar-refractivity contribution in [1.29, 1.82) is 0 Å². The van der Waals surface area contributed by atoms with Gasteiger partial charge < -0.3 is 9.47 Å². The molecule has 0 saturated heterocycles. The molecule has 0 N–H and O–H groups in total. The maximum atomic E-state index is 13.0. The molecule has 0 aliphatic heterocycles. The minimum atomic E-state index is -0.467. The largest absolute Gasteiger partial charge is 0.481 e. The fourth-order valence-corrected chi connectivity index (χ4v) is 3.96. The summed E-state index contributed by atoms with van der Waals surface area (Å²) in [6.45, 7) is 3.86. The number of para-hydroxylation sites is 1. The van der Waals surface area contributed by atoms with Gasteiger partial charge in [0.15, 0.2) is 11.6 Å². The third-order valence-corrected chi connectivity index (χ3v) is 5.60. The quantitative estimate of drug-likeness (QED) is 0.498. The molecule has 0 bridgehead atoms. The van der Waals surface area contributed by atoms with Crippen molar-refractivity contribution in [2.75, 3.05) is 13.7 Å². The predicted molar refractivity (Wildman–Crippen MR) is 109 cm³/mol. The Hall–Kier alpha value is -3.19. The molecule has 0 saturated carbocycles. The van der Waals surface area contributed by atoms with E-state index >= 15 is 0 Å². The van der Waals surface area contributed by atoms with E-state index in [1.807, 2.05) is 44.2 Å². The molecule has 0 amide bonds. The predicted octanol–water partition coefficient (Wildman–Crippen LogP) is 2.63. The summed E-state index contributed by atoms with van der Waals surface area (Å²) >= 11 is 1.33. The number of hydrogen-bond acceptors (Lipinski definition) is 6. The fourth-order valence-electron chi connectivity index (χ4n) is 2.99. The van der Waals surface area contributed by atoms with E-state index in [1.54, 1.807) is 16.5 Å². The van der Waals surface area contributed by atoms with Gasteiger partial charge in [-0.3, -0.25) is 4.79 Å². The number of thiazole rings is 1. The van der Waals surface area contributed by atoms with Crippen LogP contribution >= 0.6 is 11.3 Å². The second-order valence-electron chi connectivity index (χ2n) is 6.47. The summed E-state index contributed by atoms with van der Waals surface area (Å²) in [6, 6.07) is 11.2. The van der Waals surface area contributed by atoms with E-state index in [0.717, 1.165) is 22.2 Å². The smallest absolute Gasteiger partial charge is 0.343 e. The van der Waals surface area contributed by atoms with Gasteiger partial charge >= 0.3 is 5.97 Å². The topological polar surface area (TPSA) is 69.9 Å². The molecule has 0 spiro atoms. The minimum absolute atomic E-state index is 0.117. The zero-order valence-electron chi connectivity index (χ0n) is 15.7. The number of imidazole rings is 1. The summed E-state index contributed by atoms with van der Waals surface area (Å²) in [4.78, 5) is 29.6. The van der Waals surface area contributed by atoms with E-state index < -0.39 is 5.97 Å². The first-order valence-electron chi connectivity index (χ1n) is 8.70. The van der Waals surface area contributed by atoms with Crippen molar-refractivity contribution in [3.8, 4) is 5.75 Å². The lowest BCUT2D eigenvalue weighted by Crippen LogP contribution is -2.23. The van der Waals surface area contributed by atoms with Crippen LogP contribution in [0.4, 0.5) is 0 Å². The van der Waals surface area contributed by atoms with Crippen molar-refractivity contribution in [3.05, 3.63) is 68.0 Å². The van der Waals surface area contributed by atoms with Crippen molar-refractivity contribution in [1.82, 2.24) is 9.38 Å². The molecule has 0 aliphatic rings. The summed E-state index contributed by atoms with van der Waals surface area (Å²) < 4.78 is 12.3. The molecule has 0 fully saturated rings. The summed E-state index contributed by atoms with van der Waals surface area (Å²) in [7, 11) is 1.31. The molecule has 2 heterocycles. The molecule has 0 radical (unpaired) electrons. The molecule has 6 nitrogen and oxygen atoms in total. The van der Waals surface area contributed by atoms with Gasteiger partial charge in [-0.05, 0) is 49.2 Å². The Labute approximate surface area is 164 Å². The number of carbonyl (C=O) groups is 1. The number of ether oxygens (including phenoxy) is 2. The van der Waals surface area contributed by atoms with E-state index in [2.05, 4.69) is 9.72 Å². The summed E-state index contributed by atoms with van der Waals surface area (Å²) in [5, 5.41) is 0. The maximum absolute atomic E-state index is 13.0. The molecule has 7 heteroatoms. The monoisotopic (exact) mass is 394 g/mol. The fraction of sp³-hybridized carbons (Fsp3) is 0.190. The van der Waals surface area contributed by atoms with Crippen LogP contribution in [0.1, 0.15) is 16.7 Å². The van der Waals surface area contributed by atoms with Crippen molar-refractivity contribution in [2.45, 2.75) is 13.8 Å². The van der Waals surface area contributed by atoms with Gasteiger partial charge in [-0.1, -0.05) is 29.5 Å². The van der Waals surface area contributed by atoms with Crippen LogP contribution < -0.4 is 14.8 Å². The van der Waals surface area contributed by atoms with Gasteiger partial charge in [-0.2, -0.15) is 0 Å². The second kappa shape index (κ2) is 7.09. The van der Waals surface area contributed by atoms with Crippen LogP contribution in [0.3, 0.4) is 0 Å². The number of aryl methyl sites for hydroxylation is 2. The number of hydrogen-bond donors (Lipinski definition) is 0. The number of carbonyl (C=O) groups excluding carboxylic acids is 1. The number of esters is 1. The van der Waals surface area contributed by atoms with Crippen LogP contribution in [-0.4, -0.2) is 29.1 Å². The van der Waals surface area contributed by atoms with E-state index in [9.17, 15) is 9.59 Å². The molecular formula is C21H18N2O4S. The first-order chi connectivity index (χ1) is 13.5. The van der Waals surface area contributed by atoms with Gasteiger partial charge in [0.1, 0.15) is 5.75 Å². The van der Waals surface area contributed by atoms with E-state index in [-0.39, 0.29) is 12.2 Å². The maximum Gasteiger partial charge on any atom is 0.343 e. The number of fused-ring (bicyclic) bond motifs is 3. The third-order valence-electron chi connectivity index (χ3n) is 4.63. The van der Waals surface area contributed by atoms with Crippen molar-refractivity contribution in [3.63, 3.8) is 0 Å². The molecule has 2 aromatic heterocycles. The summed E-state index contributed by atoms with van der Waals surface area (Å²) in [5.41, 5.74) is 4.49. The molecule has 0 atom stereocenters. The zero-order valence-corrected chi connectivity index (χ0v) is 16.5. The number of methoxy groups -OCH3 is 1. The van der Waals surface area contributed by atoms with Gasteiger partial charge in [0, 0.05) is 5.56 Å². The Balaban J connectivity index is 1.83. The van der Waals surface area contributed by atoms with Crippen molar-refractivity contribution >= 4 is 39.4 Å². The Kier molecular flexibility index (Phi) is 4.60. The lowest BCUT2D eigenvalue weighted by atomic mass is 10.1. The third kappa shape index (κ3) is 3.14. The highest BCUT2D eigenvalue weighted by molar-refractivity contribution is 7.15. The molecule has 0 unspecified atom stereocenters. The lowest BCUT2D eigenvalue weighted by molar-refractivity contribution is -0.142. The van der Waals surface area contributed by atoms with E-state index in [1.165, 1.54) is 18.4 Å². The van der Waals surface area contributed by atoms with Gasteiger partial charge in [-0.15, -0.1) is 0 Å². The average Bonchev–Trinajstić information content (AvgIpc) is 3.17. The highest BCUT2D eigenvalue weighted by atomic mass is 32.1. The van der Waals surface area contributed by atoms with Crippen LogP contribution in [0.2, 0.25) is 0 Å². The van der Waals surface area contributed by atoms with E-state index in [4.69, 9.17) is 4.74 Å². The molecular weight excluding hydrogens is 376 g/mol. The highest BCUT2D eigenvalue weighted by Gasteiger charge is 2.13. The number of nitrogens with zero attached hydrogens (tertiary/aromatic N) is 2.